The maximum absolute atomic E-state index is 13.4. The summed E-state index contributed by atoms with van der Waals surface area (Å²) in [5, 5.41) is 1.21. The Morgan fingerprint density at radius 1 is 1.08 bits per heavy atom. The van der Waals surface area contributed by atoms with E-state index in [-0.39, 0.29) is 11.9 Å². The lowest BCUT2D eigenvalue weighted by atomic mass is 9.81. The van der Waals surface area contributed by atoms with Crippen LogP contribution in [0.5, 0.6) is 0 Å². The highest BCUT2D eigenvalue weighted by atomic mass is 16.5. The number of ether oxygens (including phenoxy) is 1. The van der Waals surface area contributed by atoms with Crippen molar-refractivity contribution in [2.45, 2.75) is 57.5 Å². The van der Waals surface area contributed by atoms with E-state index in [0.717, 1.165) is 12.1 Å². The summed E-state index contributed by atoms with van der Waals surface area (Å²) < 4.78 is 7.36. The second-order valence-electron chi connectivity index (χ2n) is 10.5. The third-order valence-electron chi connectivity index (χ3n) is 7.89. The highest BCUT2D eigenvalue weighted by Gasteiger charge is 2.30. The fraction of sp³-hybridized carbons (Fsp3) is 0.467. The molecule has 0 radical (unpaired) electrons. The molecule has 0 atom stereocenters. The molecular formula is C30H37N3O3. The molecule has 6 heteroatoms. The van der Waals surface area contributed by atoms with Crippen LogP contribution in [0.2, 0.25) is 0 Å². The van der Waals surface area contributed by atoms with E-state index in [9.17, 15) is 9.59 Å². The minimum absolute atomic E-state index is 0.171. The largest absolute Gasteiger partial charge is 0.465 e. The van der Waals surface area contributed by atoms with Crippen molar-refractivity contribution < 1.29 is 14.3 Å². The summed E-state index contributed by atoms with van der Waals surface area (Å²) in [4.78, 5) is 30.0. The molecule has 0 spiro atoms. The quantitative estimate of drug-likeness (QED) is 0.450. The normalized spacial score (nSPS) is 16.9. The van der Waals surface area contributed by atoms with Gasteiger partial charge in [0.1, 0.15) is 0 Å². The molecule has 6 nitrogen and oxygen atoms in total. The lowest BCUT2D eigenvalue weighted by molar-refractivity contribution is -0.132. The first-order chi connectivity index (χ1) is 17.5. The van der Waals surface area contributed by atoms with Crippen molar-refractivity contribution in [3.63, 3.8) is 0 Å². The number of carbonyl (C=O) groups is 2. The van der Waals surface area contributed by atoms with E-state index >= 15 is 0 Å². The summed E-state index contributed by atoms with van der Waals surface area (Å²) >= 11 is 0. The van der Waals surface area contributed by atoms with Crippen molar-refractivity contribution in [2.75, 3.05) is 34.3 Å². The van der Waals surface area contributed by atoms with Gasteiger partial charge < -0.3 is 19.1 Å². The molecule has 1 saturated carbocycles. The summed E-state index contributed by atoms with van der Waals surface area (Å²) in [5.41, 5.74) is 6.59. The smallest absolute Gasteiger partial charge is 0.337 e. The van der Waals surface area contributed by atoms with Crippen LogP contribution in [0.3, 0.4) is 0 Å². The van der Waals surface area contributed by atoms with E-state index < -0.39 is 0 Å². The first kappa shape index (κ1) is 24.6. The molecule has 1 aliphatic carbocycles. The van der Waals surface area contributed by atoms with Gasteiger partial charge in [0, 0.05) is 49.1 Å². The highest BCUT2D eigenvalue weighted by molar-refractivity contribution is 5.99. The van der Waals surface area contributed by atoms with E-state index in [1.807, 2.05) is 31.1 Å². The Bertz CT molecular complexity index is 1270. The van der Waals surface area contributed by atoms with Gasteiger partial charge in [0.05, 0.1) is 18.4 Å². The molecule has 2 aromatic carbocycles. The molecule has 1 aromatic heterocycles. The highest BCUT2D eigenvalue weighted by Crippen LogP contribution is 2.45. The standard InChI is InChI=1S/C30H37N3O3/c1-31(2)17-18-32-20-23-11-7-8-12-24(23)29-28(21-9-5-4-6-10-21)25-14-13-22(30(35)36-3)19-26(25)33(29)16-15-27(32)34/h7-8,11-14,19,21H,4-6,9-10,15-18,20H2,1-3H3. The lowest BCUT2D eigenvalue weighted by Crippen LogP contribution is -2.36. The number of benzene rings is 2. The zero-order valence-corrected chi connectivity index (χ0v) is 21.8. The monoisotopic (exact) mass is 487 g/mol. The zero-order valence-electron chi connectivity index (χ0n) is 21.8. The number of rotatable bonds is 5. The van der Waals surface area contributed by atoms with Gasteiger partial charge in [-0.3, -0.25) is 4.79 Å². The van der Waals surface area contributed by atoms with E-state index in [4.69, 9.17) is 4.74 Å². The van der Waals surface area contributed by atoms with Crippen LogP contribution in [-0.2, 0) is 22.6 Å². The number of fused-ring (bicyclic) bond motifs is 5. The number of amides is 1. The van der Waals surface area contributed by atoms with Crippen LogP contribution in [0.15, 0.2) is 42.5 Å². The summed E-state index contributed by atoms with van der Waals surface area (Å²) in [6.45, 7) is 2.74. The summed E-state index contributed by atoms with van der Waals surface area (Å²) in [6, 6.07) is 14.5. The number of hydrogen-bond donors (Lipinski definition) is 0. The Balaban J connectivity index is 1.73. The predicted octanol–water partition coefficient (Wildman–Crippen LogP) is 5.44. The summed E-state index contributed by atoms with van der Waals surface area (Å²) in [7, 11) is 5.51. The lowest BCUT2D eigenvalue weighted by Gasteiger charge is -2.26. The number of methoxy groups -OCH3 is 1. The molecule has 36 heavy (non-hydrogen) atoms. The van der Waals surface area contributed by atoms with Crippen LogP contribution < -0.4 is 0 Å². The number of likely N-dealkylation sites (N-methyl/N-ethyl adjacent to an activating group) is 1. The van der Waals surface area contributed by atoms with Gasteiger partial charge in [0.2, 0.25) is 5.91 Å². The van der Waals surface area contributed by atoms with Crippen LogP contribution in [0.4, 0.5) is 0 Å². The van der Waals surface area contributed by atoms with Crippen molar-refractivity contribution in [2.24, 2.45) is 0 Å². The number of nitrogens with zero attached hydrogens (tertiary/aromatic N) is 3. The van der Waals surface area contributed by atoms with Gasteiger partial charge in [0.15, 0.2) is 0 Å². The molecule has 1 amide bonds. The second kappa shape index (κ2) is 10.5. The average molecular weight is 488 g/mol. The Labute approximate surface area is 213 Å². The molecule has 0 saturated heterocycles. The molecule has 2 aliphatic rings. The van der Waals surface area contributed by atoms with Gasteiger partial charge >= 0.3 is 5.97 Å². The maximum Gasteiger partial charge on any atom is 0.337 e. The van der Waals surface area contributed by atoms with Crippen LogP contribution in [-0.4, -0.2) is 60.5 Å². The first-order valence-electron chi connectivity index (χ1n) is 13.2. The van der Waals surface area contributed by atoms with Gasteiger partial charge in [-0.2, -0.15) is 0 Å². The second-order valence-corrected chi connectivity index (χ2v) is 10.5. The molecule has 2 heterocycles. The Kier molecular flexibility index (Phi) is 7.15. The molecule has 190 valence electrons. The zero-order chi connectivity index (χ0) is 25.2. The number of aryl methyl sites for hydroxylation is 1. The molecular weight excluding hydrogens is 450 g/mol. The molecule has 1 aliphatic heterocycles. The van der Waals surface area contributed by atoms with Gasteiger partial charge in [-0.05, 0) is 56.1 Å². The van der Waals surface area contributed by atoms with Gasteiger partial charge in [0.25, 0.3) is 0 Å². The van der Waals surface area contributed by atoms with Crippen LogP contribution in [0.25, 0.3) is 22.2 Å². The Morgan fingerprint density at radius 3 is 2.61 bits per heavy atom. The number of esters is 1. The van der Waals surface area contributed by atoms with Gasteiger partial charge in [-0.1, -0.05) is 49.6 Å². The van der Waals surface area contributed by atoms with E-state index in [0.29, 0.717) is 37.5 Å². The van der Waals surface area contributed by atoms with Crippen molar-refractivity contribution in [1.82, 2.24) is 14.4 Å². The maximum atomic E-state index is 13.4. The predicted molar refractivity (Wildman–Crippen MR) is 143 cm³/mol. The minimum Gasteiger partial charge on any atom is -0.465 e. The first-order valence-corrected chi connectivity index (χ1v) is 13.2. The SMILES string of the molecule is COC(=O)c1ccc2c(C3CCCCC3)c3n(c2c1)CCC(=O)N(CCN(C)C)Cc1ccccc1-3. The average Bonchev–Trinajstić information content (AvgIpc) is 3.24. The summed E-state index contributed by atoms with van der Waals surface area (Å²) in [6.07, 6.45) is 6.58. The van der Waals surface area contributed by atoms with Gasteiger partial charge in [-0.15, -0.1) is 0 Å². The Morgan fingerprint density at radius 2 is 1.86 bits per heavy atom. The van der Waals surface area contributed by atoms with Crippen molar-refractivity contribution in [1.29, 1.82) is 0 Å². The molecule has 5 rings (SSSR count). The van der Waals surface area contributed by atoms with Crippen LogP contribution in [0, 0.1) is 0 Å². The van der Waals surface area contributed by atoms with E-state index in [1.165, 1.54) is 67.0 Å². The fourth-order valence-corrected chi connectivity index (χ4v) is 6.02. The summed E-state index contributed by atoms with van der Waals surface area (Å²) in [5.74, 6) is 0.321. The number of hydrogen-bond acceptors (Lipinski definition) is 4. The molecule has 0 unspecified atom stereocenters. The topological polar surface area (TPSA) is 54.8 Å². The number of aromatic nitrogens is 1. The number of carbonyl (C=O) groups excluding carboxylic acids is 2. The van der Waals surface area contributed by atoms with Crippen molar-refractivity contribution in [3.8, 4) is 11.3 Å². The van der Waals surface area contributed by atoms with Gasteiger partial charge in [-0.25, -0.2) is 4.79 Å². The van der Waals surface area contributed by atoms with Crippen molar-refractivity contribution in [3.05, 3.63) is 59.2 Å². The van der Waals surface area contributed by atoms with E-state index in [1.54, 1.807) is 0 Å². The molecule has 3 aromatic rings. The molecule has 0 N–H and O–H groups in total. The van der Waals surface area contributed by atoms with Crippen LogP contribution >= 0.6 is 0 Å². The van der Waals surface area contributed by atoms with E-state index in [2.05, 4.69) is 39.8 Å². The fourth-order valence-electron chi connectivity index (χ4n) is 6.02. The van der Waals surface area contributed by atoms with Crippen LogP contribution in [0.1, 0.15) is 65.9 Å². The third kappa shape index (κ3) is 4.66. The molecule has 0 bridgehead atoms. The Hall–Kier alpha value is -3.12. The third-order valence-corrected chi connectivity index (χ3v) is 7.89. The minimum atomic E-state index is -0.332. The molecule has 1 fully saturated rings. The van der Waals surface area contributed by atoms with Crippen molar-refractivity contribution >= 4 is 22.8 Å².